The molecule has 0 saturated carbocycles. The van der Waals surface area contributed by atoms with Crippen LogP contribution < -0.4 is 10.6 Å². The van der Waals surface area contributed by atoms with Gasteiger partial charge in [0, 0.05) is 18.4 Å². The van der Waals surface area contributed by atoms with Crippen LogP contribution in [0, 0.1) is 6.92 Å². The van der Waals surface area contributed by atoms with Crippen LogP contribution in [0.3, 0.4) is 0 Å². The summed E-state index contributed by atoms with van der Waals surface area (Å²) in [6.45, 7) is 3.91. The van der Waals surface area contributed by atoms with Gasteiger partial charge in [-0.05, 0) is 58.3 Å². The van der Waals surface area contributed by atoms with E-state index in [2.05, 4.69) is 34.6 Å². The summed E-state index contributed by atoms with van der Waals surface area (Å²) >= 11 is 0. The van der Waals surface area contributed by atoms with Crippen molar-refractivity contribution in [3.05, 3.63) is 53.7 Å². The number of hydrogen-bond acceptors (Lipinski definition) is 4. The smallest absolute Gasteiger partial charge is 0.257 e. The second kappa shape index (κ2) is 8.29. The normalized spacial score (nSPS) is 10.6. The standard InChI is InChI=1S/C18H24N4O/c1-14-5-8-16(9-6-14)21-18(23)15-7-10-17(20-13-15)19-11-4-12-22(2)3/h5-10,13H,4,11-12H2,1-3H3,(H,19,20)(H,21,23). The lowest BCUT2D eigenvalue weighted by Gasteiger charge is -2.10. The minimum atomic E-state index is -0.152. The van der Waals surface area contributed by atoms with E-state index >= 15 is 0 Å². The Kier molecular flexibility index (Phi) is 6.11. The Balaban J connectivity index is 1.86. The highest BCUT2D eigenvalue weighted by molar-refractivity contribution is 6.04. The Bertz CT molecular complexity index is 620. The van der Waals surface area contributed by atoms with Gasteiger partial charge in [0.2, 0.25) is 0 Å². The molecular weight excluding hydrogens is 288 g/mol. The zero-order valence-corrected chi connectivity index (χ0v) is 14.0. The molecule has 5 heteroatoms. The molecule has 0 aliphatic carbocycles. The molecule has 2 aromatic rings. The Morgan fingerprint density at radius 1 is 1.13 bits per heavy atom. The van der Waals surface area contributed by atoms with Crippen LogP contribution in [0.5, 0.6) is 0 Å². The molecular formula is C18H24N4O. The lowest BCUT2D eigenvalue weighted by molar-refractivity contribution is 0.102. The van der Waals surface area contributed by atoms with Gasteiger partial charge >= 0.3 is 0 Å². The third kappa shape index (κ3) is 5.71. The van der Waals surface area contributed by atoms with E-state index in [4.69, 9.17) is 0 Å². The predicted octanol–water partition coefficient (Wildman–Crippen LogP) is 3.01. The number of anilines is 2. The van der Waals surface area contributed by atoms with Gasteiger partial charge in [0.1, 0.15) is 5.82 Å². The van der Waals surface area contributed by atoms with E-state index in [0.29, 0.717) is 5.56 Å². The maximum absolute atomic E-state index is 12.2. The van der Waals surface area contributed by atoms with Crippen LogP contribution in [0.25, 0.3) is 0 Å². The highest BCUT2D eigenvalue weighted by Crippen LogP contribution is 2.11. The van der Waals surface area contributed by atoms with Crippen LogP contribution in [0.2, 0.25) is 0 Å². The van der Waals surface area contributed by atoms with Crippen LogP contribution in [-0.4, -0.2) is 43.0 Å². The van der Waals surface area contributed by atoms with Crippen molar-refractivity contribution >= 4 is 17.4 Å². The van der Waals surface area contributed by atoms with Crippen molar-refractivity contribution in [2.45, 2.75) is 13.3 Å². The molecule has 0 fully saturated rings. The molecule has 0 radical (unpaired) electrons. The summed E-state index contributed by atoms with van der Waals surface area (Å²) in [6, 6.07) is 11.3. The van der Waals surface area contributed by atoms with Gasteiger partial charge in [-0.3, -0.25) is 4.79 Å². The molecule has 0 spiro atoms. The first-order valence-electron chi connectivity index (χ1n) is 7.77. The Morgan fingerprint density at radius 2 is 1.87 bits per heavy atom. The minimum Gasteiger partial charge on any atom is -0.370 e. The zero-order chi connectivity index (χ0) is 16.7. The molecule has 0 atom stereocenters. The number of rotatable bonds is 7. The number of nitrogens with zero attached hydrogens (tertiary/aromatic N) is 2. The summed E-state index contributed by atoms with van der Waals surface area (Å²) in [5, 5.41) is 6.12. The lowest BCUT2D eigenvalue weighted by atomic mass is 10.2. The van der Waals surface area contributed by atoms with E-state index in [-0.39, 0.29) is 5.91 Å². The van der Waals surface area contributed by atoms with Crippen molar-refractivity contribution in [1.82, 2.24) is 9.88 Å². The van der Waals surface area contributed by atoms with Crippen LogP contribution in [0.1, 0.15) is 22.3 Å². The molecule has 1 heterocycles. The monoisotopic (exact) mass is 312 g/mol. The van der Waals surface area contributed by atoms with Crippen LogP contribution in [0.15, 0.2) is 42.6 Å². The highest BCUT2D eigenvalue weighted by Gasteiger charge is 2.06. The first kappa shape index (κ1) is 17.0. The molecule has 5 nitrogen and oxygen atoms in total. The van der Waals surface area contributed by atoms with Gasteiger partial charge in [-0.25, -0.2) is 4.98 Å². The molecule has 0 aliphatic heterocycles. The molecule has 0 aliphatic rings. The number of carbonyl (C=O) groups excluding carboxylic acids is 1. The SMILES string of the molecule is Cc1ccc(NC(=O)c2ccc(NCCCN(C)C)nc2)cc1. The van der Waals surface area contributed by atoms with Crippen molar-refractivity contribution in [2.24, 2.45) is 0 Å². The van der Waals surface area contributed by atoms with Crippen molar-refractivity contribution in [1.29, 1.82) is 0 Å². The fourth-order valence-corrected chi connectivity index (χ4v) is 2.08. The summed E-state index contributed by atoms with van der Waals surface area (Å²) < 4.78 is 0. The van der Waals surface area contributed by atoms with E-state index in [1.807, 2.05) is 37.3 Å². The molecule has 2 N–H and O–H groups in total. The summed E-state index contributed by atoms with van der Waals surface area (Å²) in [5.74, 6) is 0.635. The van der Waals surface area contributed by atoms with Crippen LogP contribution in [-0.2, 0) is 0 Å². The van der Waals surface area contributed by atoms with Gasteiger partial charge < -0.3 is 15.5 Å². The molecule has 1 aromatic heterocycles. The maximum atomic E-state index is 12.2. The molecule has 0 unspecified atom stereocenters. The minimum absolute atomic E-state index is 0.152. The molecule has 23 heavy (non-hydrogen) atoms. The van der Waals surface area contributed by atoms with Gasteiger partial charge in [0.05, 0.1) is 5.56 Å². The second-order valence-corrected chi connectivity index (χ2v) is 5.84. The number of aromatic nitrogens is 1. The van der Waals surface area contributed by atoms with Gasteiger partial charge in [0.15, 0.2) is 0 Å². The van der Waals surface area contributed by atoms with E-state index in [9.17, 15) is 4.79 Å². The highest BCUT2D eigenvalue weighted by atomic mass is 16.1. The molecule has 122 valence electrons. The molecule has 2 rings (SSSR count). The van der Waals surface area contributed by atoms with Gasteiger partial charge in [-0.2, -0.15) is 0 Å². The average molecular weight is 312 g/mol. The van der Waals surface area contributed by atoms with Gasteiger partial charge in [0.25, 0.3) is 5.91 Å². The van der Waals surface area contributed by atoms with Gasteiger partial charge in [-0.1, -0.05) is 17.7 Å². The number of carbonyl (C=O) groups is 1. The summed E-state index contributed by atoms with van der Waals surface area (Å²) in [7, 11) is 4.11. The summed E-state index contributed by atoms with van der Waals surface area (Å²) in [6.07, 6.45) is 2.64. The third-order valence-electron chi connectivity index (χ3n) is 3.42. The summed E-state index contributed by atoms with van der Waals surface area (Å²) in [5.41, 5.74) is 2.49. The number of aryl methyl sites for hydroxylation is 1. The molecule has 1 aromatic carbocycles. The van der Waals surface area contributed by atoms with Crippen molar-refractivity contribution in [2.75, 3.05) is 37.8 Å². The quantitative estimate of drug-likeness (QED) is 0.772. The van der Waals surface area contributed by atoms with E-state index < -0.39 is 0 Å². The first-order valence-corrected chi connectivity index (χ1v) is 7.77. The van der Waals surface area contributed by atoms with E-state index in [1.54, 1.807) is 12.3 Å². The Morgan fingerprint density at radius 3 is 2.48 bits per heavy atom. The van der Waals surface area contributed by atoms with Crippen molar-refractivity contribution < 1.29 is 4.79 Å². The predicted molar refractivity (Wildman–Crippen MR) is 95.0 cm³/mol. The number of benzene rings is 1. The van der Waals surface area contributed by atoms with E-state index in [1.165, 1.54) is 0 Å². The Hall–Kier alpha value is -2.40. The molecule has 0 saturated heterocycles. The largest absolute Gasteiger partial charge is 0.370 e. The number of nitrogens with one attached hydrogen (secondary N) is 2. The van der Waals surface area contributed by atoms with Gasteiger partial charge in [-0.15, -0.1) is 0 Å². The zero-order valence-electron chi connectivity index (χ0n) is 14.0. The molecule has 1 amide bonds. The van der Waals surface area contributed by atoms with Crippen molar-refractivity contribution in [3.8, 4) is 0 Å². The maximum Gasteiger partial charge on any atom is 0.257 e. The fourth-order valence-electron chi connectivity index (χ4n) is 2.08. The van der Waals surface area contributed by atoms with Crippen LogP contribution >= 0.6 is 0 Å². The lowest BCUT2D eigenvalue weighted by Crippen LogP contribution is -2.17. The number of pyridine rings is 1. The fraction of sp³-hybridized carbons (Fsp3) is 0.333. The third-order valence-corrected chi connectivity index (χ3v) is 3.42. The topological polar surface area (TPSA) is 57.3 Å². The summed E-state index contributed by atoms with van der Waals surface area (Å²) in [4.78, 5) is 18.6. The van der Waals surface area contributed by atoms with Crippen LogP contribution in [0.4, 0.5) is 11.5 Å². The van der Waals surface area contributed by atoms with Crippen molar-refractivity contribution in [3.63, 3.8) is 0 Å². The Labute approximate surface area is 137 Å². The first-order chi connectivity index (χ1) is 11.0. The molecule has 0 bridgehead atoms. The average Bonchev–Trinajstić information content (AvgIpc) is 2.54. The number of hydrogen-bond donors (Lipinski definition) is 2. The van der Waals surface area contributed by atoms with E-state index in [0.717, 1.165) is 36.6 Å². The second-order valence-electron chi connectivity index (χ2n) is 5.84. The number of amides is 1.